The number of anilines is 1. The SMILES string of the molecule is Cc1c(Cl)cccc1NC(=O)CCCC(=O)N/N=C\c1ccc(OCc2ccccc2Cl)cc1. The van der Waals surface area contributed by atoms with Crippen molar-refractivity contribution < 1.29 is 14.3 Å². The van der Waals surface area contributed by atoms with E-state index in [2.05, 4.69) is 15.8 Å². The van der Waals surface area contributed by atoms with Gasteiger partial charge in [0.15, 0.2) is 0 Å². The van der Waals surface area contributed by atoms with Crippen LogP contribution in [-0.2, 0) is 16.2 Å². The Balaban J connectivity index is 1.36. The van der Waals surface area contributed by atoms with Gasteiger partial charge in [-0.05, 0) is 66.9 Å². The summed E-state index contributed by atoms with van der Waals surface area (Å²) < 4.78 is 5.75. The second-order valence-corrected chi connectivity index (χ2v) is 8.37. The molecule has 8 heteroatoms. The lowest BCUT2D eigenvalue weighted by molar-refractivity contribution is -0.121. The van der Waals surface area contributed by atoms with Gasteiger partial charge in [0.2, 0.25) is 11.8 Å². The molecule has 3 rings (SSSR count). The summed E-state index contributed by atoms with van der Waals surface area (Å²) in [6.45, 7) is 2.21. The molecule has 0 unspecified atom stereocenters. The highest BCUT2D eigenvalue weighted by molar-refractivity contribution is 6.32. The van der Waals surface area contributed by atoms with E-state index in [1.54, 1.807) is 24.4 Å². The third-order valence-electron chi connectivity index (χ3n) is 4.98. The fourth-order valence-corrected chi connectivity index (χ4v) is 3.39. The Morgan fingerprint density at radius 3 is 2.38 bits per heavy atom. The van der Waals surface area contributed by atoms with Crippen molar-refractivity contribution in [1.29, 1.82) is 0 Å². The number of rotatable bonds is 10. The van der Waals surface area contributed by atoms with Gasteiger partial charge >= 0.3 is 0 Å². The summed E-state index contributed by atoms with van der Waals surface area (Å²) in [4.78, 5) is 24.1. The molecule has 0 aliphatic heterocycles. The molecule has 3 aromatic rings. The van der Waals surface area contributed by atoms with E-state index < -0.39 is 0 Å². The molecule has 0 radical (unpaired) electrons. The number of benzene rings is 3. The van der Waals surface area contributed by atoms with Crippen molar-refractivity contribution in [3.8, 4) is 5.75 Å². The van der Waals surface area contributed by atoms with Gasteiger partial charge in [-0.25, -0.2) is 5.43 Å². The normalized spacial score (nSPS) is 10.8. The first kappa shape index (κ1) is 25.3. The van der Waals surface area contributed by atoms with E-state index in [4.69, 9.17) is 27.9 Å². The van der Waals surface area contributed by atoms with Crippen molar-refractivity contribution >= 4 is 46.9 Å². The molecule has 3 aromatic carbocycles. The van der Waals surface area contributed by atoms with E-state index in [1.165, 1.54) is 0 Å². The van der Waals surface area contributed by atoms with E-state index >= 15 is 0 Å². The van der Waals surface area contributed by atoms with Crippen LogP contribution in [-0.4, -0.2) is 18.0 Å². The van der Waals surface area contributed by atoms with Crippen molar-refractivity contribution in [3.63, 3.8) is 0 Å². The highest BCUT2D eigenvalue weighted by Gasteiger charge is 2.08. The van der Waals surface area contributed by atoms with Gasteiger partial charge in [0.1, 0.15) is 12.4 Å². The highest BCUT2D eigenvalue weighted by atomic mass is 35.5. The number of hydrogen-bond donors (Lipinski definition) is 2. The molecule has 2 N–H and O–H groups in total. The minimum atomic E-state index is -0.261. The van der Waals surface area contributed by atoms with Crippen molar-refractivity contribution in [2.24, 2.45) is 5.10 Å². The summed E-state index contributed by atoms with van der Waals surface area (Å²) in [7, 11) is 0. The van der Waals surface area contributed by atoms with Crippen LogP contribution in [0.25, 0.3) is 0 Å². The molecule has 0 aromatic heterocycles. The first-order valence-corrected chi connectivity index (χ1v) is 11.5. The number of carbonyl (C=O) groups is 2. The van der Waals surface area contributed by atoms with Crippen molar-refractivity contribution in [2.75, 3.05) is 5.32 Å². The molecule has 0 saturated carbocycles. The Kier molecular flexibility index (Phi) is 9.50. The summed E-state index contributed by atoms with van der Waals surface area (Å²) >= 11 is 12.2. The average molecular weight is 498 g/mol. The topological polar surface area (TPSA) is 79.8 Å². The van der Waals surface area contributed by atoms with Crippen LogP contribution in [0.4, 0.5) is 5.69 Å². The Bertz CT molecular complexity index is 1160. The molecule has 0 aliphatic rings. The Morgan fingerprint density at radius 2 is 1.62 bits per heavy atom. The summed E-state index contributed by atoms with van der Waals surface area (Å²) in [5, 5.41) is 8.04. The van der Waals surface area contributed by atoms with Gasteiger partial charge in [-0.3, -0.25) is 9.59 Å². The van der Waals surface area contributed by atoms with E-state index in [9.17, 15) is 9.59 Å². The van der Waals surface area contributed by atoms with Gasteiger partial charge in [-0.2, -0.15) is 5.10 Å². The number of amides is 2. The van der Waals surface area contributed by atoms with Crippen LogP contribution >= 0.6 is 23.2 Å². The maximum atomic E-state index is 12.1. The number of halogens is 2. The van der Waals surface area contributed by atoms with Crippen molar-refractivity contribution in [1.82, 2.24) is 5.43 Å². The summed E-state index contributed by atoms with van der Waals surface area (Å²) in [5.41, 5.74) is 5.68. The maximum absolute atomic E-state index is 12.1. The Morgan fingerprint density at radius 1 is 0.912 bits per heavy atom. The van der Waals surface area contributed by atoms with Gasteiger partial charge in [0.25, 0.3) is 0 Å². The molecule has 0 saturated heterocycles. The second kappa shape index (κ2) is 12.8. The lowest BCUT2D eigenvalue weighted by atomic mass is 10.2. The van der Waals surface area contributed by atoms with Crippen LogP contribution in [0.5, 0.6) is 5.75 Å². The zero-order valence-electron chi connectivity index (χ0n) is 18.7. The average Bonchev–Trinajstić information content (AvgIpc) is 2.82. The lowest BCUT2D eigenvalue weighted by Crippen LogP contribution is -2.18. The summed E-state index contributed by atoms with van der Waals surface area (Å²) in [6, 6.07) is 20.2. The minimum Gasteiger partial charge on any atom is -0.489 e. The quantitative estimate of drug-likeness (QED) is 0.260. The summed E-state index contributed by atoms with van der Waals surface area (Å²) in [6.07, 6.45) is 2.36. The first-order valence-electron chi connectivity index (χ1n) is 10.8. The second-order valence-electron chi connectivity index (χ2n) is 7.56. The molecular formula is C26H25Cl2N3O3. The number of nitrogens with one attached hydrogen (secondary N) is 2. The van der Waals surface area contributed by atoms with E-state index in [0.717, 1.165) is 16.7 Å². The van der Waals surface area contributed by atoms with Gasteiger partial charge < -0.3 is 10.1 Å². The fourth-order valence-electron chi connectivity index (χ4n) is 3.03. The van der Waals surface area contributed by atoms with E-state index in [1.807, 2.05) is 55.5 Å². The number of hydrazone groups is 1. The number of ether oxygens (including phenoxy) is 1. The predicted molar refractivity (Wildman–Crippen MR) is 137 cm³/mol. The summed E-state index contributed by atoms with van der Waals surface area (Å²) in [5.74, 6) is 0.272. The smallest absolute Gasteiger partial charge is 0.240 e. The third kappa shape index (κ3) is 7.90. The molecule has 2 amide bonds. The third-order valence-corrected chi connectivity index (χ3v) is 5.76. The molecule has 176 valence electrons. The Hall–Kier alpha value is -3.35. The van der Waals surface area contributed by atoms with E-state index in [0.29, 0.717) is 34.5 Å². The van der Waals surface area contributed by atoms with Crippen LogP contribution < -0.4 is 15.5 Å². The van der Waals surface area contributed by atoms with Gasteiger partial charge in [-0.1, -0.05) is 47.5 Å². The van der Waals surface area contributed by atoms with Gasteiger partial charge in [0, 0.05) is 34.1 Å². The Labute approximate surface area is 208 Å². The highest BCUT2D eigenvalue weighted by Crippen LogP contribution is 2.23. The molecule has 0 heterocycles. The number of nitrogens with zero attached hydrogens (tertiary/aromatic N) is 1. The molecular weight excluding hydrogens is 473 g/mol. The monoisotopic (exact) mass is 497 g/mol. The van der Waals surface area contributed by atoms with Crippen molar-refractivity contribution in [2.45, 2.75) is 32.8 Å². The molecule has 0 atom stereocenters. The van der Waals surface area contributed by atoms with Crippen LogP contribution in [0, 0.1) is 6.92 Å². The minimum absolute atomic E-state index is 0.168. The maximum Gasteiger partial charge on any atom is 0.240 e. The fraction of sp³-hybridized carbons (Fsp3) is 0.192. The zero-order chi connectivity index (χ0) is 24.3. The molecule has 0 fully saturated rings. The zero-order valence-corrected chi connectivity index (χ0v) is 20.2. The number of carbonyl (C=O) groups excluding carboxylic acids is 2. The molecule has 0 aliphatic carbocycles. The van der Waals surface area contributed by atoms with Crippen molar-refractivity contribution in [3.05, 3.63) is 93.5 Å². The van der Waals surface area contributed by atoms with Gasteiger partial charge in [-0.15, -0.1) is 0 Å². The molecule has 6 nitrogen and oxygen atoms in total. The standard InChI is InChI=1S/C26H25Cl2N3O3/c1-18-22(27)8-4-9-24(18)30-25(32)10-5-11-26(33)31-29-16-19-12-14-21(15-13-19)34-17-20-6-2-3-7-23(20)28/h2-4,6-9,12-16H,5,10-11,17H2,1H3,(H,30,32)(H,31,33)/b29-16-. The lowest BCUT2D eigenvalue weighted by Gasteiger charge is -2.09. The predicted octanol–water partition coefficient (Wildman–Crippen LogP) is 6.14. The largest absolute Gasteiger partial charge is 0.489 e. The van der Waals surface area contributed by atoms with Crippen LogP contribution in [0.15, 0.2) is 71.8 Å². The van der Waals surface area contributed by atoms with Crippen LogP contribution in [0.2, 0.25) is 10.0 Å². The van der Waals surface area contributed by atoms with Crippen LogP contribution in [0.1, 0.15) is 36.0 Å². The number of hydrogen-bond acceptors (Lipinski definition) is 4. The van der Waals surface area contributed by atoms with Gasteiger partial charge in [0.05, 0.1) is 6.21 Å². The molecule has 0 bridgehead atoms. The van der Waals surface area contributed by atoms with E-state index in [-0.39, 0.29) is 24.7 Å². The van der Waals surface area contributed by atoms with Crippen LogP contribution in [0.3, 0.4) is 0 Å². The molecule has 34 heavy (non-hydrogen) atoms. The first-order chi connectivity index (χ1) is 16.4. The molecule has 0 spiro atoms.